The summed E-state index contributed by atoms with van der Waals surface area (Å²) >= 11 is 0. The second-order valence-corrected chi connectivity index (χ2v) is 7.30. The van der Waals surface area contributed by atoms with Gasteiger partial charge in [-0.3, -0.25) is 19.9 Å². The fourth-order valence-corrected chi connectivity index (χ4v) is 3.51. The number of aromatic nitrogens is 7. The van der Waals surface area contributed by atoms with Crippen molar-refractivity contribution >= 4 is 11.5 Å². The Morgan fingerprint density at radius 1 is 0.839 bits per heavy atom. The molecule has 0 amide bonds. The smallest absolute Gasteiger partial charge is 0.224 e. The van der Waals surface area contributed by atoms with Gasteiger partial charge in [0.25, 0.3) is 0 Å². The summed E-state index contributed by atoms with van der Waals surface area (Å²) in [5.41, 5.74) is 7.76. The molecule has 0 atom stereocenters. The van der Waals surface area contributed by atoms with Crippen LogP contribution in [0.4, 0.5) is 5.95 Å². The number of hydrogen-bond acceptors (Lipinski definition) is 7. The minimum absolute atomic E-state index is 0.593. The number of fused-ring (bicyclic) bond motifs is 1. The van der Waals surface area contributed by atoms with Crippen molar-refractivity contribution in [1.29, 1.82) is 0 Å². The second-order valence-electron chi connectivity index (χ2n) is 7.30. The lowest BCUT2D eigenvalue weighted by Crippen LogP contribution is -2.06. The van der Waals surface area contributed by atoms with Crippen LogP contribution in [0, 0.1) is 13.8 Å². The van der Waals surface area contributed by atoms with Crippen molar-refractivity contribution in [2.45, 2.75) is 20.4 Å². The van der Waals surface area contributed by atoms with E-state index in [-0.39, 0.29) is 0 Å². The Kier molecular flexibility index (Phi) is 4.80. The molecule has 0 radical (unpaired) electrons. The van der Waals surface area contributed by atoms with Gasteiger partial charge in [-0.2, -0.15) is 9.61 Å². The van der Waals surface area contributed by atoms with Crippen molar-refractivity contribution in [1.82, 2.24) is 34.5 Å². The number of rotatable bonds is 5. The first-order valence-electron chi connectivity index (χ1n) is 9.90. The van der Waals surface area contributed by atoms with Crippen LogP contribution < -0.4 is 5.32 Å². The molecule has 5 heterocycles. The molecule has 8 nitrogen and oxygen atoms in total. The van der Waals surface area contributed by atoms with E-state index >= 15 is 0 Å². The lowest BCUT2D eigenvalue weighted by atomic mass is 10.1. The molecule has 0 unspecified atom stereocenters. The molecule has 0 saturated carbocycles. The second kappa shape index (κ2) is 7.91. The summed E-state index contributed by atoms with van der Waals surface area (Å²) in [4.78, 5) is 21.8. The van der Waals surface area contributed by atoms with Crippen molar-refractivity contribution in [3.05, 3.63) is 84.5 Å². The third kappa shape index (κ3) is 3.83. The monoisotopic (exact) mass is 408 g/mol. The summed E-state index contributed by atoms with van der Waals surface area (Å²) in [6, 6.07) is 8.16. The van der Waals surface area contributed by atoms with Crippen LogP contribution in [0.2, 0.25) is 0 Å². The Morgan fingerprint density at radius 3 is 2.58 bits per heavy atom. The lowest BCUT2D eigenvalue weighted by molar-refractivity contribution is 0.911. The van der Waals surface area contributed by atoms with Crippen molar-refractivity contribution < 1.29 is 0 Å². The molecule has 0 bridgehead atoms. The molecular weight excluding hydrogens is 388 g/mol. The largest absolute Gasteiger partial charge is 0.350 e. The Morgan fingerprint density at radius 2 is 1.77 bits per heavy atom. The molecule has 0 fully saturated rings. The van der Waals surface area contributed by atoms with Crippen LogP contribution in [0.15, 0.2) is 67.6 Å². The van der Waals surface area contributed by atoms with E-state index in [1.54, 1.807) is 35.5 Å². The highest BCUT2D eigenvalue weighted by Gasteiger charge is 2.09. The number of hydrogen-bond donors (Lipinski definition) is 1. The normalized spacial score (nSPS) is 11.0. The Bertz CT molecular complexity index is 1360. The van der Waals surface area contributed by atoms with Gasteiger partial charge in [0, 0.05) is 48.2 Å². The van der Waals surface area contributed by atoms with E-state index in [1.807, 2.05) is 37.5 Å². The molecule has 0 aliphatic rings. The van der Waals surface area contributed by atoms with E-state index in [1.165, 1.54) is 0 Å². The van der Waals surface area contributed by atoms with Crippen molar-refractivity contribution in [3.63, 3.8) is 0 Å². The predicted molar refractivity (Wildman–Crippen MR) is 118 cm³/mol. The van der Waals surface area contributed by atoms with E-state index < -0.39 is 0 Å². The van der Waals surface area contributed by atoms with Crippen molar-refractivity contribution in [2.24, 2.45) is 0 Å². The molecular formula is C23H20N8. The zero-order chi connectivity index (χ0) is 21.2. The molecule has 1 N–H and O–H groups in total. The van der Waals surface area contributed by atoms with Gasteiger partial charge in [-0.15, -0.1) is 0 Å². The molecule has 0 saturated heterocycles. The zero-order valence-corrected chi connectivity index (χ0v) is 17.2. The molecule has 31 heavy (non-hydrogen) atoms. The summed E-state index contributed by atoms with van der Waals surface area (Å²) in [5, 5.41) is 7.86. The minimum atomic E-state index is 0.593. The van der Waals surface area contributed by atoms with Crippen molar-refractivity contribution in [3.8, 4) is 22.5 Å². The number of nitrogens with one attached hydrogen (secondary N) is 1. The SMILES string of the molecule is Cc1cc(-c2ncc(CNc3ncc4cc(-c5cnccn5)cnn34)cc2C)ccn1. The van der Waals surface area contributed by atoms with Gasteiger partial charge in [-0.1, -0.05) is 6.07 Å². The number of nitrogens with zero attached hydrogens (tertiary/aromatic N) is 7. The number of anilines is 1. The fourth-order valence-electron chi connectivity index (χ4n) is 3.51. The molecule has 5 rings (SSSR count). The van der Waals surface area contributed by atoms with Gasteiger partial charge in [0.15, 0.2) is 0 Å². The maximum Gasteiger partial charge on any atom is 0.224 e. The first kappa shape index (κ1) is 18.8. The van der Waals surface area contributed by atoms with E-state index in [2.05, 4.69) is 48.3 Å². The van der Waals surface area contributed by atoms with Crippen LogP contribution in [0.5, 0.6) is 0 Å². The van der Waals surface area contributed by atoms with Crippen molar-refractivity contribution in [2.75, 3.05) is 5.32 Å². The molecule has 5 aromatic heterocycles. The van der Waals surface area contributed by atoms with Gasteiger partial charge >= 0.3 is 0 Å². The van der Waals surface area contributed by atoms with Crippen LogP contribution in [0.1, 0.15) is 16.8 Å². The first-order valence-corrected chi connectivity index (χ1v) is 9.90. The number of imidazole rings is 1. The van der Waals surface area contributed by atoms with Crippen LogP contribution in [0.3, 0.4) is 0 Å². The maximum atomic E-state index is 4.67. The van der Waals surface area contributed by atoms with E-state index in [9.17, 15) is 0 Å². The highest BCUT2D eigenvalue weighted by molar-refractivity contribution is 5.65. The molecule has 5 aromatic rings. The topological polar surface area (TPSA) is 93.8 Å². The first-order chi connectivity index (χ1) is 15.2. The Balaban J connectivity index is 1.34. The van der Waals surface area contributed by atoms with Gasteiger partial charge in [0.2, 0.25) is 5.95 Å². The average molecular weight is 408 g/mol. The van der Waals surface area contributed by atoms with E-state index in [4.69, 9.17) is 0 Å². The van der Waals surface area contributed by atoms with Crippen LogP contribution in [-0.4, -0.2) is 34.5 Å². The number of pyridine rings is 2. The molecule has 0 spiro atoms. The van der Waals surface area contributed by atoms with E-state index in [0.29, 0.717) is 12.5 Å². The quantitative estimate of drug-likeness (QED) is 0.472. The molecule has 152 valence electrons. The van der Waals surface area contributed by atoms with Gasteiger partial charge in [-0.25, -0.2) is 4.98 Å². The van der Waals surface area contributed by atoms with Crippen LogP contribution in [-0.2, 0) is 6.54 Å². The molecule has 0 aliphatic carbocycles. The lowest BCUT2D eigenvalue weighted by Gasteiger charge is -2.09. The average Bonchev–Trinajstić information content (AvgIpc) is 3.20. The molecule has 8 heteroatoms. The van der Waals surface area contributed by atoms with Crippen LogP contribution in [0.25, 0.3) is 28.0 Å². The fraction of sp³-hybridized carbons (Fsp3) is 0.130. The van der Waals surface area contributed by atoms with Crippen LogP contribution >= 0.6 is 0 Å². The highest BCUT2D eigenvalue weighted by atomic mass is 15.3. The van der Waals surface area contributed by atoms with Gasteiger partial charge < -0.3 is 5.32 Å². The standard InChI is InChI=1S/C23H20N8/c1-15-7-17(10-27-22(15)18-3-4-25-16(2)8-18)11-28-23-29-13-20-9-19(12-30-31(20)23)21-14-24-5-6-26-21/h3-10,12-14H,11H2,1-2H3,(H,28,29). The van der Waals surface area contributed by atoms with Gasteiger partial charge in [0.05, 0.1) is 35.5 Å². The maximum absolute atomic E-state index is 4.67. The van der Waals surface area contributed by atoms with E-state index in [0.717, 1.165) is 44.9 Å². The summed E-state index contributed by atoms with van der Waals surface area (Å²) in [5.74, 6) is 0.673. The molecule has 0 aromatic carbocycles. The molecule has 0 aliphatic heterocycles. The van der Waals surface area contributed by atoms with Gasteiger partial charge in [0.1, 0.15) is 0 Å². The summed E-state index contributed by atoms with van der Waals surface area (Å²) in [7, 11) is 0. The van der Waals surface area contributed by atoms with Gasteiger partial charge in [-0.05, 0) is 43.2 Å². The highest BCUT2D eigenvalue weighted by Crippen LogP contribution is 2.23. The minimum Gasteiger partial charge on any atom is -0.350 e. The third-order valence-corrected chi connectivity index (χ3v) is 4.99. The predicted octanol–water partition coefficient (Wildman–Crippen LogP) is 3.87. The Hall–Kier alpha value is -4.20. The zero-order valence-electron chi connectivity index (χ0n) is 17.2. The summed E-state index contributed by atoms with van der Waals surface area (Å²) in [6.07, 6.45) is 12.3. The summed E-state index contributed by atoms with van der Waals surface area (Å²) < 4.78 is 1.77. The Labute approximate surface area is 179 Å². The number of aryl methyl sites for hydroxylation is 2. The third-order valence-electron chi connectivity index (χ3n) is 4.99. The summed E-state index contributed by atoms with van der Waals surface area (Å²) in [6.45, 7) is 4.65.